The van der Waals surface area contributed by atoms with Crippen molar-refractivity contribution in [2.24, 2.45) is 0 Å². The summed E-state index contributed by atoms with van der Waals surface area (Å²) in [6.45, 7) is -0.615. The minimum absolute atomic E-state index is 0.313. The minimum Gasteiger partial charge on any atom is -0.394 e. The lowest BCUT2D eigenvalue weighted by Crippen LogP contribution is -2.33. The average molecular weight is 332 g/mol. The van der Waals surface area contributed by atoms with E-state index in [4.69, 9.17) is 9.84 Å². The third-order valence-corrected chi connectivity index (χ3v) is 3.72. The Bertz CT molecular complexity index is 827. The number of ether oxygens (including phenoxy) is 1. The Labute approximate surface area is 126 Å². The number of aromatic amines is 1. The molecule has 0 radical (unpaired) electrons. The SMILES string of the molecule is O=c1[nH]c2nc(F)c(F)c(F)c2cc1[C@@H]1O[C@H](CO)C(O)C1O. The molecule has 1 aliphatic rings. The molecule has 3 heterocycles. The first-order valence-electron chi connectivity index (χ1n) is 6.55. The molecule has 124 valence electrons. The van der Waals surface area contributed by atoms with Gasteiger partial charge in [-0.15, -0.1) is 0 Å². The molecule has 0 amide bonds. The molecule has 0 aromatic carbocycles. The number of aliphatic hydroxyl groups excluding tert-OH is 3. The van der Waals surface area contributed by atoms with Crippen molar-refractivity contribution in [1.29, 1.82) is 0 Å². The van der Waals surface area contributed by atoms with E-state index in [0.29, 0.717) is 0 Å². The normalized spacial score (nSPS) is 27.7. The summed E-state index contributed by atoms with van der Waals surface area (Å²) in [4.78, 5) is 17.2. The summed E-state index contributed by atoms with van der Waals surface area (Å²) in [5, 5.41) is 28.1. The highest BCUT2D eigenvalue weighted by Crippen LogP contribution is 2.33. The van der Waals surface area contributed by atoms with Crippen LogP contribution in [0.2, 0.25) is 0 Å². The van der Waals surface area contributed by atoms with Crippen LogP contribution in [-0.2, 0) is 4.74 Å². The maximum atomic E-state index is 13.8. The highest BCUT2D eigenvalue weighted by molar-refractivity contribution is 5.76. The Balaban J connectivity index is 2.16. The summed E-state index contributed by atoms with van der Waals surface area (Å²) < 4.78 is 45.3. The fourth-order valence-electron chi connectivity index (χ4n) is 2.52. The second-order valence-corrected chi connectivity index (χ2v) is 5.11. The van der Waals surface area contributed by atoms with Gasteiger partial charge in [0.2, 0.25) is 5.82 Å². The summed E-state index contributed by atoms with van der Waals surface area (Å²) in [5.74, 6) is -5.07. The molecule has 2 aromatic heterocycles. The Hall–Kier alpha value is -2.01. The van der Waals surface area contributed by atoms with E-state index in [1.54, 1.807) is 0 Å². The van der Waals surface area contributed by atoms with E-state index in [1.807, 2.05) is 0 Å². The zero-order valence-electron chi connectivity index (χ0n) is 11.3. The minimum atomic E-state index is -1.81. The van der Waals surface area contributed by atoms with Gasteiger partial charge in [-0.3, -0.25) is 4.79 Å². The molecule has 23 heavy (non-hydrogen) atoms. The van der Waals surface area contributed by atoms with E-state index in [-0.39, 0.29) is 5.56 Å². The van der Waals surface area contributed by atoms with Crippen molar-refractivity contribution in [3.8, 4) is 0 Å². The van der Waals surface area contributed by atoms with Gasteiger partial charge < -0.3 is 25.0 Å². The van der Waals surface area contributed by atoms with Crippen LogP contribution in [0.4, 0.5) is 13.2 Å². The predicted octanol–water partition coefficient (Wildman–Crippen LogP) is -0.506. The number of aromatic nitrogens is 2. The van der Waals surface area contributed by atoms with Crippen LogP contribution in [0.15, 0.2) is 10.9 Å². The maximum absolute atomic E-state index is 13.8. The Morgan fingerprint density at radius 2 is 1.91 bits per heavy atom. The lowest BCUT2D eigenvalue weighted by Gasteiger charge is -2.14. The standard InChI is InChI=1S/C13H11F3N2O5/c14-6-3-1-4(10-9(21)8(20)5(2-19)23-10)13(22)18-12(3)17-11(16)7(6)15/h1,5,8-10,19-21H,2H2,(H,17,18,22)/t5-,8?,9?,10+/m1/s1. The topological polar surface area (TPSA) is 116 Å². The Morgan fingerprint density at radius 1 is 1.22 bits per heavy atom. The number of hydrogen-bond acceptors (Lipinski definition) is 6. The van der Waals surface area contributed by atoms with E-state index in [2.05, 4.69) is 9.97 Å². The van der Waals surface area contributed by atoms with Crippen molar-refractivity contribution in [2.45, 2.75) is 24.4 Å². The van der Waals surface area contributed by atoms with Gasteiger partial charge in [0, 0.05) is 5.56 Å². The van der Waals surface area contributed by atoms with Crippen LogP contribution in [0.25, 0.3) is 11.0 Å². The van der Waals surface area contributed by atoms with E-state index in [9.17, 15) is 28.2 Å². The van der Waals surface area contributed by atoms with Crippen LogP contribution in [-0.4, -0.2) is 50.2 Å². The highest BCUT2D eigenvalue weighted by Gasteiger charge is 2.44. The molecule has 1 saturated heterocycles. The van der Waals surface area contributed by atoms with E-state index in [1.165, 1.54) is 0 Å². The van der Waals surface area contributed by atoms with E-state index < -0.39 is 65.2 Å². The molecule has 10 heteroatoms. The molecular weight excluding hydrogens is 321 g/mol. The van der Waals surface area contributed by atoms with Gasteiger partial charge in [-0.05, 0) is 6.07 Å². The molecule has 3 rings (SSSR count). The first-order valence-corrected chi connectivity index (χ1v) is 6.55. The van der Waals surface area contributed by atoms with Gasteiger partial charge in [0.1, 0.15) is 30.1 Å². The number of hydrogen-bond donors (Lipinski definition) is 4. The Kier molecular flexibility index (Phi) is 3.84. The first-order chi connectivity index (χ1) is 10.8. The third kappa shape index (κ3) is 2.39. The lowest BCUT2D eigenvalue weighted by atomic mass is 10.0. The van der Waals surface area contributed by atoms with Gasteiger partial charge in [-0.2, -0.15) is 13.8 Å². The molecule has 0 spiro atoms. The van der Waals surface area contributed by atoms with Crippen molar-refractivity contribution in [3.05, 3.63) is 39.6 Å². The van der Waals surface area contributed by atoms with Crippen molar-refractivity contribution in [1.82, 2.24) is 9.97 Å². The van der Waals surface area contributed by atoms with E-state index >= 15 is 0 Å². The number of halogens is 3. The molecule has 0 aliphatic carbocycles. The molecule has 0 bridgehead atoms. The van der Waals surface area contributed by atoms with Gasteiger partial charge in [0.05, 0.1) is 12.0 Å². The van der Waals surface area contributed by atoms with Gasteiger partial charge in [-0.25, -0.2) is 4.39 Å². The first kappa shape index (κ1) is 15.9. The van der Waals surface area contributed by atoms with Gasteiger partial charge in [0.15, 0.2) is 5.82 Å². The molecular formula is C13H11F3N2O5. The predicted molar refractivity (Wildman–Crippen MR) is 69.0 cm³/mol. The second-order valence-electron chi connectivity index (χ2n) is 5.11. The fraction of sp³-hybridized carbons (Fsp3) is 0.385. The monoisotopic (exact) mass is 332 g/mol. The van der Waals surface area contributed by atoms with Gasteiger partial charge >= 0.3 is 0 Å². The van der Waals surface area contributed by atoms with Crippen molar-refractivity contribution < 1.29 is 33.2 Å². The smallest absolute Gasteiger partial charge is 0.255 e. The highest BCUT2D eigenvalue weighted by atomic mass is 19.2. The largest absolute Gasteiger partial charge is 0.394 e. The van der Waals surface area contributed by atoms with Crippen LogP contribution >= 0.6 is 0 Å². The van der Waals surface area contributed by atoms with Crippen molar-refractivity contribution in [3.63, 3.8) is 0 Å². The van der Waals surface area contributed by atoms with Crippen molar-refractivity contribution >= 4 is 11.0 Å². The molecule has 2 unspecified atom stereocenters. The number of fused-ring (bicyclic) bond motifs is 1. The molecule has 1 aliphatic heterocycles. The Morgan fingerprint density at radius 3 is 2.52 bits per heavy atom. The summed E-state index contributed by atoms with van der Waals surface area (Å²) in [7, 11) is 0. The number of nitrogens with zero attached hydrogens (tertiary/aromatic N) is 1. The van der Waals surface area contributed by atoms with Crippen LogP contribution < -0.4 is 5.56 Å². The fourth-order valence-corrected chi connectivity index (χ4v) is 2.52. The molecule has 0 saturated carbocycles. The summed E-state index contributed by atoms with van der Waals surface area (Å²) in [6.07, 6.45) is -5.54. The van der Waals surface area contributed by atoms with Gasteiger partial charge in [0.25, 0.3) is 11.5 Å². The zero-order valence-corrected chi connectivity index (χ0v) is 11.3. The third-order valence-electron chi connectivity index (χ3n) is 3.72. The van der Waals surface area contributed by atoms with Gasteiger partial charge in [-0.1, -0.05) is 0 Å². The zero-order chi connectivity index (χ0) is 16.9. The number of rotatable bonds is 2. The summed E-state index contributed by atoms with van der Waals surface area (Å²) in [5.41, 5.74) is -1.71. The molecule has 4 N–H and O–H groups in total. The number of H-pyrrole nitrogens is 1. The van der Waals surface area contributed by atoms with Crippen LogP contribution in [0.1, 0.15) is 11.7 Å². The van der Waals surface area contributed by atoms with Crippen LogP contribution in [0.5, 0.6) is 0 Å². The number of aliphatic hydroxyl groups is 3. The summed E-state index contributed by atoms with van der Waals surface area (Å²) >= 11 is 0. The van der Waals surface area contributed by atoms with E-state index in [0.717, 1.165) is 6.07 Å². The maximum Gasteiger partial charge on any atom is 0.255 e. The summed E-state index contributed by atoms with van der Waals surface area (Å²) in [6, 6.07) is 0.860. The molecule has 2 aromatic rings. The average Bonchev–Trinajstić information content (AvgIpc) is 2.80. The van der Waals surface area contributed by atoms with Crippen LogP contribution in [0.3, 0.4) is 0 Å². The molecule has 4 atom stereocenters. The molecule has 1 fully saturated rings. The van der Waals surface area contributed by atoms with Crippen molar-refractivity contribution in [2.75, 3.05) is 6.61 Å². The lowest BCUT2D eigenvalue weighted by molar-refractivity contribution is -0.0231. The number of nitrogens with one attached hydrogen (secondary N) is 1. The van der Waals surface area contributed by atoms with Crippen LogP contribution in [0, 0.1) is 17.6 Å². The number of pyridine rings is 2. The quantitative estimate of drug-likeness (QED) is 0.551. The second kappa shape index (κ2) is 5.57. The molecule has 7 nitrogen and oxygen atoms in total.